The van der Waals surface area contributed by atoms with Crippen LogP contribution < -0.4 is 0 Å². The minimum atomic E-state index is -0.0147. The molecule has 3 heteroatoms. The van der Waals surface area contributed by atoms with Crippen LogP contribution in [-0.2, 0) is 12.8 Å². The van der Waals surface area contributed by atoms with Crippen LogP contribution in [0.3, 0.4) is 0 Å². The van der Waals surface area contributed by atoms with E-state index in [0.717, 1.165) is 46.6 Å². The molecule has 4 aromatic rings. The highest BCUT2D eigenvalue weighted by atomic mass is 16.3. The summed E-state index contributed by atoms with van der Waals surface area (Å²) in [4.78, 5) is 22.6. The number of hydrogen-bond acceptors (Lipinski definition) is 3. The minimum absolute atomic E-state index is 0.0000552. The van der Waals surface area contributed by atoms with E-state index >= 15 is 0 Å². The Morgan fingerprint density at radius 1 is 0.857 bits per heavy atom. The smallest absolute Gasteiger partial charge is 0.194 e. The molecular formula is C46H60O3. The number of unbranched alkanes of at least 4 members (excludes halogenated alkanes) is 1. The van der Waals surface area contributed by atoms with Crippen LogP contribution in [0.4, 0.5) is 0 Å². The molecule has 3 unspecified atom stereocenters. The Labute approximate surface area is 296 Å². The number of rotatable bonds is 13. The van der Waals surface area contributed by atoms with Gasteiger partial charge in [0.25, 0.3) is 0 Å². The average molecular weight is 661 g/mol. The van der Waals surface area contributed by atoms with Crippen LogP contribution >= 0.6 is 0 Å². The maximum Gasteiger partial charge on any atom is 0.194 e. The number of benzene rings is 3. The molecule has 1 aromatic heterocycles. The lowest BCUT2D eigenvalue weighted by atomic mass is 9.92. The van der Waals surface area contributed by atoms with Gasteiger partial charge < -0.3 is 4.42 Å². The van der Waals surface area contributed by atoms with E-state index in [4.69, 9.17) is 4.42 Å². The monoisotopic (exact) mass is 660 g/mol. The lowest BCUT2D eigenvalue weighted by molar-refractivity contribution is 0.0988. The molecule has 0 bridgehead atoms. The van der Waals surface area contributed by atoms with Crippen molar-refractivity contribution in [3.8, 4) is 0 Å². The molecule has 3 aromatic carbocycles. The number of furan rings is 1. The predicted molar refractivity (Wildman–Crippen MR) is 207 cm³/mol. The van der Waals surface area contributed by atoms with E-state index in [1.54, 1.807) is 0 Å². The van der Waals surface area contributed by atoms with E-state index in [1.807, 2.05) is 24.3 Å². The first-order valence-electron chi connectivity index (χ1n) is 19.1. The molecule has 0 spiro atoms. The predicted octanol–water partition coefficient (Wildman–Crippen LogP) is 13.2. The summed E-state index contributed by atoms with van der Waals surface area (Å²) in [5.41, 5.74) is 5.76. The lowest BCUT2D eigenvalue weighted by Crippen LogP contribution is -2.03. The standard InChI is InChI=1S/C18H26O.C15H22.C13H12O2/c1-4-8-15(3)9-6-7-10-16-11-13-17(14-12-16)18(19)5-2;1-13-6-5-9-15(11-10-13)12-14-7-3-2-4-8-14;1-8(14)13-7-11-6-10(9-2-3-9)4-5-12(11)15-13/h5,11-15H,2,4,6-10H2,1,3H3;2-4,7-8,13,15H,5-6,9-12H2,1H3;4-7,9H,2-3H2,1H3. The summed E-state index contributed by atoms with van der Waals surface area (Å²) in [7, 11) is 0. The molecule has 2 fully saturated rings. The zero-order chi connectivity index (χ0) is 35.0. The number of hydrogen-bond donors (Lipinski definition) is 0. The maximum atomic E-state index is 11.4. The molecule has 0 radical (unpaired) electrons. The van der Waals surface area contributed by atoms with E-state index in [0.29, 0.717) is 5.76 Å². The molecule has 0 N–H and O–H groups in total. The number of ketones is 2. The van der Waals surface area contributed by atoms with Gasteiger partial charge in [0.15, 0.2) is 17.3 Å². The molecule has 0 aliphatic heterocycles. The molecule has 262 valence electrons. The van der Waals surface area contributed by atoms with Gasteiger partial charge >= 0.3 is 0 Å². The van der Waals surface area contributed by atoms with Gasteiger partial charge in [-0.25, -0.2) is 0 Å². The zero-order valence-electron chi connectivity index (χ0n) is 30.7. The normalized spacial score (nSPS) is 17.9. The van der Waals surface area contributed by atoms with Gasteiger partial charge in [0.2, 0.25) is 0 Å². The average Bonchev–Trinajstić information content (AvgIpc) is 3.91. The summed E-state index contributed by atoms with van der Waals surface area (Å²) >= 11 is 0. The van der Waals surface area contributed by atoms with Crippen molar-refractivity contribution in [2.24, 2.45) is 17.8 Å². The van der Waals surface area contributed by atoms with E-state index in [-0.39, 0.29) is 11.6 Å². The van der Waals surface area contributed by atoms with Gasteiger partial charge in [-0.15, -0.1) is 0 Å². The number of aryl methyl sites for hydroxylation is 1. The van der Waals surface area contributed by atoms with Crippen LogP contribution in [0.1, 0.15) is 148 Å². The number of fused-ring (bicyclic) bond motifs is 1. The van der Waals surface area contributed by atoms with Gasteiger partial charge in [-0.1, -0.05) is 139 Å². The van der Waals surface area contributed by atoms with Crippen molar-refractivity contribution in [3.63, 3.8) is 0 Å². The highest BCUT2D eigenvalue weighted by molar-refractivity contribution is 6.04. The first kappa shape index (κ1) is 38.1. The third-order valence-corrected chi connectivity index (χ3v) is 10.3. The van der Waals surface area contributed by atoms with Crippen LogP contribution in [-0.4, -0.2) is 11.6 Å². The first-order chi connectivity index (χ1) is 23.7. The molecule has 0 amide bonds. The number of carbonyl (C=O) groups is 2. The van der Waals surface area contributed by atoms with Gasteiger partial charge in [0.05, 0.1) is 0 Å². The van der Waals surface area contributed by atoms with Crippen LogP contribution in [0.5, 0.6) is 0 Å². The Kier molecular flexibility index (Phi) is 15.6. The Hall–Kier alpha value is -3.72. The Bertz CT molecular complexity index is 1570. The second kappa shape index (κ2) is 20.1. The SMILES string of the molecule is C=CC(=O)c1ccc(CCCCC(C)CCC)cc1.CC(=O)c1cc2cc(C3CC3)ccc2o1.CC1CCCC(Cc2ccccc2)CC1. The molecule has 3 nitrogen and oxygen atoms in total. The molecule has 6 rings (SSSR count). The van der Waals surface area contributed by atoms with E-state index in [1.165, 1.54) is 113 Å². The molecule has 1 heterocycles. The molecule has 2 aliphatic rings. The first-order valence-corrected chi connectivity index (χ1v) is 19.1. The van der Waals surface area contributed by atoms with Gasteiger partial charge in [0.1, 0.15) is 5.58 Å². The number of allylic oxidation sites excluding steroid dienone is 1. The largest absolute Gasteiger partial charge is 0.453 e. The van der Waals surface area contributed by atoms with E-state index in [2.05, 4.69) is 81.9 Å². The molecule has 3 atom stereocenters. The molecular weight excluding hydrogens is 601 g/mol. The van der Waals surface area contributed by atoms with Crippen LogP contribution in [0.25, 0.3) is 11.0 Å². The van der Waals surface area contributed by atoms with Crippen molar-refractivity contribution in [1.29, 1.82) is 0 Å². The van der Waals surface area contributed by atoms with Crippen LogP contribution in [0, 0.1) is 17.8 Å². The quantitative estimate of drug-likeness (QED) is 0.0620. The minimum Gasteiger partial charge on any atom is -0.453 e. The third-order valence-electron chi connectivity index (χ3n) is 10.3. The molecule has 2 saturated carbocycles. The fourth-order valence-corrected chi connectivity index (χ4v) is 7.03. The van der Waals surface area contributed by atoms with E-state index < -0.39 is 0 Å². The summed E-state index contributed by atoms with van der Waals surface area (Å²) in [6.07, 6.45) is 20.1. The van der Waals surface area contributed by atoms with Crippen molar-refractivity contribution < 1.29 is 14.0 Å². The summed E-state index contributed by atoms with van der Waals surface area (Å²) in [5.74, 6) is 3.95. The Morgan fingerprint density at radius 2 is 1.61 bits per heavy atom. The van der Waals surface area contributed by atoms with Crippen molar-refractivity contribution in [1.82, 2.24) is 0 Å². The molecule has 0 saturated heterocycles. The molecule has 2 aliphatic carbocycles. The topological polar surface area (TPSA) is 47.3 Å². The van der Waals surface area contributed by atoms with E-state index in [9.17, 15) is 9.59 Å². The highest BCUT2D eigenvalue weighted by Crippen LogP contribution is 2.41. The summed E-state index contributed by atoms with van der Waals surface area (Å²) < 4.78 is 5.44. The maximum absolute atomic E-state index is 11.4. The van der Waals surface area contributed by atoms with Crippen LogP contribution in [0.2, 0.25) is 0 Å². The zero-order valence-corrected chi connectivity index (χ0v) is 30.7. The second-order valence-electron chi connectivity index (χ2n) is 14.8. The lowest BCUT2D eigenvalue weighted by Gasteiger charge is -2.13. The van der Waals surface area contributed by atoms with Gasteiger partial charge in [0, 0.05) is 17.9 Å². The number of carbonyl (C=O) groups excluding carboxylic acids is 2. The van der Waals surface area contributed by atoms with Gasteiger partial charge in [-0.05, 0) is 103 Å². The fraction of sp³-hybridized carbons (Fsp3) is 0.478. The highest BCUT2D eigenvalue weighted by Gasteiger charge is 2.24. The second-order valence-corrected chi connectivity index (χ2v) is 14.8. The van der Waals surface area contributed by atoms with Gasteiger partial charge in [-0.2, -0.15) is 0 Å². The molecule has 49 heavy (non-hydrogen) atoms. The van der Waals surface area contributed by atoms with Crippen molar-refractivity contribution in [2.75, 3.05) is 0 Å². The number of Topliss-reactive ketones (excluding diaryl/α,β-unsaturated/α-hetero) is 1. The van der Waals surface area contributed by atoms with Gasteiger partial charge in [-0.3, -0.25) is 9.59 Å². The third kappa shape index (κ3) is 13.3. The van der Waals surface area contributed by atoms with Crippen LogP contribution in [0.15, 0.2) is 95.9 Å². The van der Waals surface area contributed by atoms with Crippen molar-refractivity contribution in [2.45, 2.75) is 124 Å². The Balaban J connectivity index is 0.000000167. The fourth-order valence-electron chi connectivity index (χ4n) is 7.03. The van der Waals surface area contributed by atoms with Crippen molar-refractivity contribution in [3.05, 3.63) is 120 Å². The summed E-state index contributed by atoms with van der Waals surface area (Å²) in [6, 6.07) is 27.0. The Morgan fingerprint density at radius 3 is 2.29 bits per heavy atom. The summed E-state index contributed by atoms with van der Waals surface area (Å²) in [6.45, 7) is 12.0. The summed E-state index contributed by atoms with van der Waals surface area (Å²) in [5, 5.41) is 1.05. The van der Waals surface area contributed by atoms with Crippen molar-refractivity contribution >= 4 is 22.5 Å².